The molecule has 1 heterocycles. The van der Waals surface area contributed by atoms with Gasteiger partial charge in [-0.15, -0.1) is 0 Å². The summed E-state index contributed by atoms with van der Waals surface area (Å²) in [4.78, 5) is 8.66. The van der Waals surface area contributed by atoms with Crippen molar-refractivity contribution >= 4 is 22.3 Å². The molecule has 4 heteroatoms. The molecule has 1 aromatic heterocycles. The van der Waals surface area contributed by atoms with Gasteiger partial charge in [-0.2, -0.15) is 0 Å². The SMILES string of the molecule is CNCc1nccc(Nc2ccc3ccccc3c2)n1. The predicted octanol–water partition coefficient (Wildman–Crippen LogP) is 3.09. The lowest BCUT2D eigenvalue weighted by Crippen LogP contribution is -2.09. The molecular formula is C16H16N4. The number of anilines is 2. The zero-order valence-electron chi connectivity index (χ0n) is 11.3. The Kier molecular flexibility index (Phi) is 3.56. The maximum Gasteiger partial charge on any atom is 0.144 e. The lowest BCUT2D eigenvalue weighted by atomic mass is 10.1. The number of benzene rings is 2. The van der Waals surface area contributed by atoms with E-state index in [1.54, 1.807) is 6.20 Å². The monoisotopic (exact) mass is 264 g/mol. The fourth-order valence-electron chi connectivity index (χ4n) is 2.13. The van der Waals surface area contributed by atoms with Crippen molar-refractivity contribution in [2.75, 3.05) is 12.4 Å². The van der Waals surface area contributed by atoms with E-state index in [2.05, 4.69) is 50.9 Å². The van der Waals surface area contributed by atoms with Crippen LogP contribution in [0.1, 0.15) is 5.82 Å². The van der Waals surface area contributed by atoms with Gasteiger partial charge in [0.1, 0.15) is 11.6 Å². The van der Waals surface area contributed by atoms with Gasteiger partial charge in [-0.05, 0) is 36.0 Å². The van der Waals surface area contributed by atoms with Gasteiger partial charge in [0.05, 0.1) is 6.54 Å². The van der Waals surface area contributed by atoms with Crippen LogP contribution in [-0.4, -0.2) is 17.0 Å². The molecule has 0 aliphatic heterocycles. The Hall–Kier alpha value is -2.46. The highest BCUT2D eigenvalue weighted by atomic mass is 15.0. The van der Waals surface area contributed by atoms with Crippen LogP contribution in [0.3, 0.4) is 0 Å². The van der Waals surface area contributed by atoms with Gasteiger partial charge in [0.15, 0.2) is 0 Å². The average Bonchev–Trinajstić information content (AvgIpc) is 2.48. The Labute approximate surface area is 117 Å². The molecule has 0 amide bonds. The van der Waals surface area contributed by atoms with Gasteiger partial charge in [-0.3, -0.25) is 0 Å². The normalized spacial score (nSPS) is 10.7. The second kappa shape index (κ2) is 5.67. The molecule has 0 unspecified atom stereocenters. The van der Waals surface area contributed by atoms with Crippen LogP contribution >= 0.6 is 0 Å². The summed E-state index contributed by atoms with van der Waals surface area (Å²) in [7, 11) is 1.88. The van der Waals surface area contributed by atoms with Crippen LogP contribution in [0.25, 0.3) is 10.8 Å². The van der Waals surface area contributed by atoms with Crippen molar-refractivity contribution in [3.05, 3.63) is 60.6 Å². The molecule has 2 N–H and O–H groups in total. The number of rotatable bonds is 4. The predicted molar refractivity (Wildman–Crippen MR) is 82.0 cm³/mol. The Balaban J connectivity index is 1.87. The Morgan fingerprint density at radius 3 is 2.70 bits per heavy atom. The number of nitrogens with zero attached hydrogens (tertiary/aromatic N) is 2. The number of hydrogen-bond acceptors (Lipinski definition) is 4. The van der Waals surface area contributed by atoms with Crippen LogP contribution in [0.5, 0.6) is 0 Å². The standard InChI is InChI=1S/C16H16N4/c1-17-11-16-18-9-8-15(20-16)19-14-7-6-12-4-2-3-5-13(12)10-14/h2-10,17H,11H2,1H3,(H,18,19,20). The van der Waals surface area contributed by atoms with E-state index in [0.717, 1.165) is 17.3 Å². The topological polar surface area (TPSA) is 49.8 Å². The van der Waals surface area contributed by atoms with Crippen molar-refractivity contribution in [1.29, 1.82) is 0 Å². The summed E-state index contributed by atoms with van der Waals surface area (Å²) in [5.74, 6) is 1.58. The van der Waals surface area contributed by atoms with E-state index in [4.69, 9.17) is 0 Å². The maximum atomic E-state index is 4.45. The van der Waals surface area contributed by atoms with Gasteiger partial charge >= 0.3 is 0 Å². The molecule has 0 spiro atoms. The van der Waals surface area contributed by atoms with Gasteiger partial charge in [0.2, 0.25) is 0 Å². The van der Waals surface area contributed by atoms with Crippen LogP contribution in [0.2, 0.25) is 0 Å². The average molecular weight is 264 g/mol. The zero-order valence-corrected chi connectivity index (χ0v) is 11.3. The molecule has 4 nitrogen and oxygen atoms in total. The first-order valence-corrected chi connectivity index (χ1v) is 6.57. The largest absolute Gasteiger partial charge is 0.340 e. The second-order valence-electron chi connectivity index (χ2n) is 4.58. The summed E-state index contributed by atoms with van der Waals surface area (Å²) in [6.45, 7) is 0.660. The summed E-state index contributed by atoms with van der Waals surface area (Å²) < 4.78 is 0. The highest BCUT2D eigenvalue weighted by molar-refractivity contribution is 5.86. The van der Waals surface area contributed by atoms with Gasteiger partial charge in [-0.1, -0.05) is 30.3 Å². The Bertz CT molecular complexity index is 724. The summed E-state index contributed by atoms with van der Waals surface area (Å²) in [5.41, 5.74) is 1.03. The third kappa shape index (κ3) is 2.75. The Morgan fingerprint density at radius 1 is 1.00 bits per heavy atom. The van der Waals surface area contributed by atoms with E-state index in [9.17, 15) is 0 Å². The highest BCUT2D eigenvalue weighted by Crippen LogP contribution is 2.21. The lowest BCUT2D eigenvalue weighted by molar-refractivity contribution is 0.759. The fraction of sp³-hybridized carbons (Fsp3) is 0.125. The smallest absolute Gasteiger partial charge is 0.144 e. The third-order valence-electron chi connectivity index (χ3n) is 3.06. The molecular weight excluding hydrogens is 248 g/mol. The first-order valence-electron chi connectivity index (χ1n) is 6.57. The molecule has 0 saturated heterocycles. The lowest BCUT2D eigenvalue weighted by Gasteiger charge is -2.08. The highest BCUT2D eigenvalue weighted by Gasteiger charge is 2.00. The molecule has 3 rings (SSSR count). The molecule has 0 radical (unpaired) electrons. The van der Waals surface area contributed by atoms with Gasteiger partial charge in [0.25, 0.3) is 0 Å². The number of fused-ring (bicyclic) bond motifs is 1. The minimum Gasteiger partial charge on any atom is -0.340 e. The molecule has 3 aromatic rings. The van der Waals surface area contributed by atoms with E-state index in [1.165, 1.54) is 10.8 Å². The quantitative estimate of drug-likeness (QED) is 0.760. The minimum atomic E-state index is 0.660. The first-order chi connectivity index (χ1) is 9.85. The van der Waals surface area contributed by atoms with Gasteiger partial charge in [0, 0.05) is 11.9 Å². The molecule has 20 heavy (non-hydrogen) atoms. The van der Waals surface area contributed by atoms with Crippen LogP contribution < -0.4 is 10.6 Å². The molecule has 0 atom stereocenters. The molecule has 0 aliphatic rings. The van der Waals surface area contributed by atoms with Crippen molar-refractivity contribution in [3.8, 4) is 0 Å². The first kappa shape index (κ1) is 12.6. The van der Waals surface area contributed by atoms with E-state index >= 15 is 0 Å². The fourth-order valence-corrected chi connectivity index (χ4v) is 2.13. The number of hydrogen-bond donors (Lipinski definition) is 2. The summed E-state index contributed by atoms with van der Waals surface area (Å²) in [6, 6.07) is 16.5. The second-order valence-corrected chi connectivity index (χ2v) is 4.58. The molecule has 100 valence electrons. The van der Waals surface area contributed by atoms with E-state index in [-0.39, 0.29) is 0 Å². The minimum absolute atomic E-state index is 0.660. The Morgan fingerprint density at radius 2 is 1.85 bits per heavy atom. The van der Waals surface area contributed by atoms with E-state index < -0.39 is 0 Å². The van der Waals surface area contributed by atoms with Crippen molar-refractivity contribution in [2.24, 2.45) is 0 Å². The molecule has 0 fully saturated rings. The van der Waals surface area contributed by atoms with Crippen LogP contribution in [0.4, 0.5) is 11.5 Å². The van der Waals surface area contributed by atoms with Crippen LogP contribution in [0.15, 0.2) is 54.7 Å². The van der Waals surface area contributed by atoms with Crippen molar-refractivity contribution in [1.82, 2.24) is 15.3 Å². The van der Waals surface area contributed by atoms with Crippen LogP contribution in [0, 0.1) is 0 Å². The molecule has 0 bridgehead atoms. The van der Waals surface area contributed by atoms with E-state index in [0.29, 0.717) is 6.54 Å². The third-order valence-corrected chi connectivity index (χ3v) is 3.06. The molecule has 0 aliphatic carbocycles. The number of aromatic nitrogens is 2. The van der Waals surface area contributed by atoms with Gasteiger partial charge in [-0.25, -0.2) is 9.97 Å². The summed E-state index contributed by atoms with van der Waals surface area (Å²) in [5, 5.41) is 8.81. The molecule has 2 aromatic carbocycles. The summed E-state index contributed by atoms with van der Waals surface area (Å²) >= 11 is 0. The summed E-state index contributed by atoms with van der Waals surface area (Å²) in [6.07, 6.45) is 1.77. The van der Waals surface area contributed by atoms with E-state index in [1.807, 2.05) is 25.2 Å². The maximum absolute atomic E-state index is 4.45. The number of nitrogens with one attached hydrogen (secondary N) is 2. The van der Waals surface area contributed by atoms with Crippen LogP contribution in [-0.2, 0) is 6.54 Å². The van der Waals surface area contributed by atoms with Crippen molar-refractivity contribution in [3.63, 3.8) is 0 Å². The zero-order chi connectivity index (χ0) is 13.8. The molecule has 0 saturated carbocycles. The van der Waals surface area contributed by atoms with Crippen molar-refractivity contribution in [2.45, 2.75) is 6.54 Å². The van der Waals surface area contributed by atoms with Gasteiger partial charge < -0.3 is 10.6 Å². The van der Waals surface area contributed by atoms with Crippen molar-refractivity contribution < 1.29 is 0 Å².